The molecule has 0 bridgehead atoms. The molecule has 0 aromatic carbocycles. The standard InChI is InChI=1S/C9H15ClO2/c10-5-9(6-12-7-9)8-1-3-11-4-2-8/h8H,1-7H2. The fourth-order valence-electron chi connectivity index (χ4n) is 2.10. The Morgan fingerprint density at radius 3 is 2.25 bits per heavy atom. The summed E-state index contributed by atoms with van der Waals surface area (Å²) in [5, 5.41) is 0. The number of hydrogen-bond donors (Lipinski definition) is 0. The molecule has 3 heteroatoms. The quantitative estimate of drug-likeness (QED) is 0.617. The highest BCUT2D eigenvalue weighted by Crippen LogP contribution is 2.41. The summed E-state index contributed by atoms with van der Waals surface area (Å²) < 4.78 is 10.6. The van der Waals surface area contributed by atoms with E-state index in [0.717, 1.165) is 51.1 Å². The minimum absolute atomic E-state index is 0.297. The van der Waals surface area contributed by atoms with Gasteiger partial charge in [0.15, 0.2) is 0 Å². The molecule has 2 rings (SSSR count). The summed E-state index contributed by atoms with van der Waals surface area (Å²) >= 11 is 5.97. The molecule has 0 unspecified atom stereocenters. The molecular weight excluding hydrogens is 176 g/mol. The highest BCUT2D eigenvalue weighted by molar-refractivity contribution is 6.18. The van der Waals surface area contributed by atoms with Gasteiger partial charge in [0, 0.05) is 24.5 Å². The number of halogens is 1. The molecule has 2 fully saturated rings. The third-order valence-electron chi connectivity index (χ3n) is 3.13. The van der Waals surface area contributed by atoms with Crippen LogP contribution in [0.4, 0.5) is 0 Å². The molecular formula is C9H15ClO2. The summed E-state index contributed by atoms with van der Waals surface area (Å²) in [6.07, 6.45) is 2.33. The maximum absolute atomic E-state index is 5.97. The van der Waals surface area contributed by atoms with Crippen LogP contribution in [-0.4, -0.2) is 32.3 Å². The van der Waals surface area contributed by atoms with Crippen LogP contribution in [0.15, 0.2) is 0 Å². The van der Waals surface area contributed by atoms with E-state index in [9.17, 15) is 0 Å². The monoisotopic (exact) mass is 190 g/mol. The van der Waals surface area contributed by atoms with E-state index in [1.54, 1.807) is 0 Å². The van der Waals surface area contributed by atoms with Gasteiger partial charge in [-0.05, 0) is 18.8 Å². The summed E-state index contributed by atoms with van der Waals surface area (Å²) in [5.41, 5.74) is 0.297. The molecule has 0 radical (unpaired) electrons. The first-order valence-electron chi connectivity index (χ1n) is 4.59. The van der Waals surface area contributed by atoms with E-state index in [2.05, 4.69) is 0 Å². The lowest BCUT2D eigenvalue weighted by atomic mass is 9.71. The Kier molecular flexibility index (Phi) is 2.58. The van der Waals surface area contributed by atoms with Crippen LogP contribution in [0.2, 0.25) is 0 Å². The second kappa shape index (κ2) is 3.52. The van der Waals surface area contributed by atoms with Gasteiger partial charge in [-0.15, -0.1) is 11.6 Å². The summed E-state index contributed by atoms with van der Waals surface area (Å²) in [7, 11) is 0. The Bertz CT molecular complexity index is 145. The van der Waals surface area contributed by atoms with E-state index >= 15 is 0 Å². The summed E-state index contributed by atoms with van der Waals surface area (Å²) in [4.78, 5) is 0. The van der Waals surface area contributed by atoms with Crippen LogP contribution in [0, 0.1) is 11.3 Å². The van der Waals surface area contributed by atoms with Crippen molar-refractivity contribution < 1.29 is 9.47 Å². The molecule has 2 heterocycles. The largest absolute Gasteiger partial charge is 0.381 e. The average Bonchev–Trinajstić information content (AvgIpc) is 2.05. The topological polar surface area (TPSA) is 18.5 Å². The molecule has 70 valence electrons. The highest BCUT2D eigenvalue weighted by Gasteiger charge is 2.45. The normalized spacial score (nSPS) is 29.8. The Morgan fingerprint density at radius 1 is 1.17 bits per heavy atom. The van der Waals surface area contributed by atoms with Crippen molar-refractivity contribution in [3.05, 3.63) is 0 Å². The van der Waals surface area contributed by atoms with Gasteiger partial charge in [0.05, 0.1) is 13.2 Å². The van der Waals surface area contributed by atoms with Crippen LogP contribution in [0.25, 0.3) is 0 Å². The minimum atomic E-state index is 0.297. The van der Waals surface area contributed by atoms with Crippen LogP contribution >= 0.6 is 11.6 Å². The highest BCUT2D eigenvalue weighted by atomic mass is 35.5. The van der Waals surface area contributed by atoms with Crippen LogP contribution < -0.4 is 0 Å². The molecule has 0 spiro atoms. The molecule has 2 nitrogen and oxygen atoms in total. The van der Waals surface area contributed by atoms with Crippen molar-refractivity contribution in [3.8, 4) is 0 Å². The molecule has 0 aromatic rings. The van der Waals surface area contributed by atoms with Gasteiger partial charge in [0.1, 0.15) is 0 Å². The molecule has 0 N–H and O–H groups in total. The second-order valence-electron chi connectivity index (χ2n) is 3.88. The van der Waals surface area contributed by atoms with Gasteiger partial charge in [-0.3, -0.25) is 0 Å². The lowest BCUT2D eigenvalue weighted by Crippen LogP contribution is -2.51. The van der Waals surface area contributed by atoms with Gasteiger partial charge in [0.25, 0.3) is 0 Å². The van der Waals surface area contributed by atoms with Crippen molar-refractivity contribution in [2.75, 3.05) is 32.3 Å². The Morgan fingerprint density at radius 2 is 1.83 bits per heavy atom. The molecule has 0 saturated carbocycles. The van der Waals surface area contributed by atoms with E-state index < -0.39 is 0 Å². The fraction of sp³-hybridized carbons (Fsp3) is 1.00. The minimum Gasteiger partial charge on any atom is -0.381 e. The Balaban J connectivity index is 1.95. The summed E-state index contributed by atoms with van der Waals surface area (Å²) in [5.74, 6) is 1.48. The van der Waals surface area contributed by atoms with Gasteiger partial charge in [-0.2, -0.15) is 0 Å². The van der Waals surface area contributed by atoms with Gasteiger partial charge in [-0.1, -0.05) is 0 Å². The molecule has 2 saturated heterocycles. The predicted molar refractivity (Wildman–Crippen MR) is 47.5 cm³/mol. The molecule has 0 atom stereocenters. The lowest BCUT2D eigenvalue weighted by Gasteiger charge is -2.47. The van der Waals surface area contributed by atoms with Crippen molar-refractivity contribution in [1.29, 1.82) is 0 Å². The maximum Gasteiger partial charge on any atom is 0.0559 e. The van der Waals surface area contributed by atoms with Gasteiger partial charge >= 0.3 is 0 Å². The van der Waals surface area contributed by atoms with E-state index in [1.807, 2.05) is 0 Å². The molecule has 0 amide bonds. The van der Waals surface area contributed by atoms with E-state index in [1.165, 1.54) is 0 Å². The van der Waals surface area contributed by atoms with E-state index in [0.29, 0.717) is 5.41 Å². The van der Waals surface area contributed by atoms with Crippen molar-refractivity contribution >= 4 is 11.6 Å². The van der Waals surface area contributed by atoms with Crippen molar-refractivity contribution in [1.82, 2.24) is 0 Å². The zero-order valence-corrected chi connectivity index (χ0v) is 7.98. The SMILES string of the molecule is ClCC1(C2CCOCC2)COC1. The van der Waals surface area contributed by atoms with E-state index in [4.69, 9.17) is 21.1 Å². The van der Waals surface area contributed by atoms with Crippen LogP contribution in [-0.2, 0) is 9.47 Å². The first-order chi connectivity index (χ1) is 5.87. The molecule has 12 heavy (non-hydrogen) atoms. The smallest absolute Gasteiger partial charge is 0.0559 e. The van der Waals surface area contributed by atoms with Crippen LogP contribution in [0.5, 0.6) is 0 Å². The predicted octanol–water partition coefficient (Wildman–Crippen LogP) is 1.67. The maximum atomic E-state index is 5.97. The third-order valence-corrected chi connectivity index (χ3v) is 3.66. The van der Waals surface area contributed by atoms with E-state index in [-0.39, 0.29) is 0 Å². The van der Waals surface area contributed by atoms with Crippen molar-refractivity contribution in [2.24, 2.45) is 11.3 Å². The fourth-order valence-corrected chi connectivity index (χ4v) is 2.47. The van der Waals surface area contributed by atoms with Crippen LogP contribution in [0.3, 0.4) is 0 Å². The van der Waals surface area contributed by atoms with Crippen molar-refractivity contribution in [2.45, 2.75) is 12.8 Å². The van der Waals surface area contributed by atoms with Gasteiger partial charge in [0.2, 0.25) is 0 Å². The molecule has 0 aromatic heterocycles. The summed E-state index contributed by atoms with van der Waals surface area (Å²) in [6, 6.07) is 0. The lowest BCUT2D eigenvalue weighted by molar-refractivity contribution is -0.149. The number of alkyl halides is 1. The zero-order chi connectivity index (χ0) is 8.44. The van der Waals surface area contributed by atoms with Crippen LogP contribution in [0.1, 0.15) is 12.8 Å². The van der Waals surface area contributed by atoms with Gasteiger partial charge in [-0.25, -0.2) is 0 Å². The zero-order valence-electron chi connectivity index (χ0n) is 7.22. The Hall–Kier alpha value is 0.210. The number of hydrogen-bond acceptors (Lipinski definition) is 2. The number of ether oxygens (including phenoxy) is 2. The Labute approximate surface area is 78.2 Å². The summed E-state index contributed by atoms with van der Waals surface area (Å²) in [6.45, 7) is 3.54. The molecule has 2 aliphatic heterocycles. The first kappa shape index (κ1) is 8.79. The second-order valence-corrected chi connectivity index (χ2v) is 4.14. The molecule has 0 aliphatic carbocycles. The first-order valence-corrected chi connectivity index (χ1v) is 5.12. The average molecular weight is 191 g/mol. The van der Waals surface area contributed by atoms with Gasteiger partial charge < -0.3 is 9.47 Å². The van der Waals surface area contributed by atoms with Crippen molar-refractivity contribution in [3.63, 3.8) is 0 Å². The third kappa shape index (κ3) is 1.36. The molecule has 2 aliphatic rings. The number of rotatable bonds is 2.